The second-order valence-corrected chi connectivity index (χ2v) is 13.4. The average Bonchev–Trinajstić information content (AvgIpc) is 3.17. The molecule has 1 aliphatic rings. The molecule has 0 atom stereocenters. The fourth-order valence-electron chi connectivity index (χ4n) is 6.87. The van der Waals surface area contributed by atoms with E-state index in [1.54, 1.807) is 0 Å². The average molecular weight is 861 g/mol. The number of aryl methyl sites for hydroxylation is 2. The number of phenols is 3. The molecular weight excluding hydrogens is 798 g/mol. The molecule has 0 aliphatic heterocycles. The Hall–Kier alpha value is -4.03. The van der Waals surface area contributed by atoms with E-state index in [9.17, 15) is 20.4 Å². The van der Waals surface area contributed by atoms with Gasteiger partial charge in [-0.15, -0.1) is 5.75 Å². The molecule has 57 heavy (non-hydrogen) atoms. The van der Waals surface area contributed by atoms with Crippen LogP contribution in [0, 0.1) is 27.5 Å². The van der Waals surface area contributed by atoms with Gasteiger partial charge in [-0.3, -0.25) is 6.26 Å². The maximum Gasteiger partial charge on any atom is 0.122 e. The normalized spacial score (nSPS) is 10.7. The molecule has 0 unspecified atom stereocenters. The molecule has 6 heteroatoms. The number of benzene rings is 6. The largest absolute Gasteiger partial charge is 0.872 e. The minimum absolute atomic E-state index is 0. The van der Waals surface area contributed by atoms with Gasteiger partial charge in [0.15, 0.2) is 0 Å². The van der Waals surface area contributed by atoms with Crippen molar-refractivity contribution in [3.05, 3.63) is 179 Å². The summed E-state index contributed by atoms with van der Waals surface area (Å²) in [5.74, 6) is 0.324. The second-order valence-electron chi connectivity index (χ2n) is 12.9. The Bertz CT molecular complexity index is 1880. The van der Waals surface area contributed by atoms with Crippen LogP contribution in [-0.2, 0) is 58.4 Å². The van der Waals surface area contributed by atoms with Crippen LogP contribution in [0.3, 0.4) is 0 Å². The van der Waals surface area contributed by atoms with Crippen molar-refractivity contribution < 1.29 is 53.1 Å². The summed E-state index contributed by atoms with van der Waals surface area (Å²) in [6, 6.07) is 35.5. The number of phenolic OH excluding ortho intramolecular Hbond substituents is 3. The maximum atomic E-state index is 14.1. The van der Waals surface area contributed by atoms with Crippen molar-refractivity contribution in [2.75, 3.05) is 6.26 Å². The molecule has 6 aromatic rings. The van der Waals surface area contributed by atoms with Crippen LogP contribution in [0.1, 0.15) is 98.2 Å². The van der Waals surface area contributed by atoms with E-state index >= 15 is 0 Å². The second kappa shape index (κ2) is 25.4. The molecule has 0 saturated carbocycles. The van der Waals surface area contributed by atoms with Crippen molar-refractivity contribution in [1.82, 2.24) is 0 Å². The van der Waals surface area contributed by atoms with Crippen LogP contribution in [0.5, 0.6) is 23.0 Å². The Morgan fingerprint density at radius 2 is 0.702 bits per heavy atom. The SMILES string of the molecule is C.C.CC.CC.Cc1cc2c(O)c(c1)Cc1cc(-c3ccccc3)cc(c1O)Cc1cc(C)cc(c1O)Cc1cc(-c3ccccc3)cc(c1[O-])C2.[CH2-]SC.[CH3-].[Y]. The van der Waals surface area contributed by atoms with Gasteiger partial charge in [-0.25, -0.2) is 0 Å². The molecule has 303 valence electrons. The smallest absolute Gasteiger partial charge is 0.122 e. The van der Waals surface area contributed by atoms with Gasteiger partial charge in [0.05, 0.1) is 0 Å². The predicted octanol–water partition coefficient (Wildman–Crippen LogP) is 13.4. The zero-order valence-corrected chi connectivity index (χ0v) is 37.3. The van der Waals surface area contributed by atoms with Gasteiger partial charge >= 0.3 is 0 Å². The van der Waals surface area contributed by atoms with Crippen LogP contribution in [0.2, 0.25) is 0 Å². The zero-order chi connectivity index (χ0) is 38.7. The molecular formula is C51H63O4SY-3. The first-order chi connectivity index (χ1) is 25.6. The molecule has 7 rings (SSSR count). The van der Waals surface area contributed by atoms with E-state index in [1.807, 2.05) is 157 Å². The van der Waals surface area contributed by atoms with Crippen LogP contribution >= 0.6 is 11.8 Å². The van der Waals surface area contributed by atoms with Gasteiger partial charge in [0.2, 0.25) is 0 Å². The molecule has 1 radical (unpaired) electrons. The maximum absolute atomic E-state index is 14.1. The topological polar surface area (TPSA) is 83.8 Å². The quantitative estimate of drug-likeness (QED) is 0.151. The van der Waals surface area contributed by atoms with Crippen molar-refractivity contribution in [1.29, 1.82) is 0 Å². The first-order valence-corrected chi connectivity index (χ1v) is 19.7. The first kappa shape index (κ1) is 53.0. The van der Waals surface area contributed by atoms with E-state index < -0.39 is 0 Å². The summed E-state index contributed by atoms with van der Waals surface area (Å²) in [7, 11) is 0. The van der Waals surface area contributed by atoms with Gasteiger partial charge in [-0.2, -0.15) is 0 Å². The van der Waals surface area contributed by atoms with E-state index in [0.29, 0.717) is 57.3 Å². The summed E-state index contributed by atoms with van der Waals surface area (Å²) >= 11 is 1.50. The van der Waals surface area contributed by atoms with E-state index in [0.717, 1.165) is 33.4 Å². The third-order valence-corrected chi connectivity index (χ3v) is 9.07. The van der Waals surface area contributed by atoms with Crippen molar-refractivity contribution in [2.45, 2.75) is 82.1 Å². The van der Waals surface area contributed by atoms with Gasteiger partial charge in [0, 0.05) is 58.4 Å². The minimum atomic E-state index is -0.0907. The van der Waals surface area contributed by atoms with Crippen LogP contribution in [-0.4, -0.2) is 21.6 Å². The van der Waals surface area contributed by atoms with Crippen LogP contribution in [0.25, 0.3) is 22.3 Å². The van der Waals surface area contributed by atoms with Crippen LogP contribution < -0.4 is 5.11 Å². The Morgan fingerprint density at radius 3 is 0.982 bits per heavy atom. The number of aromatic hydroxyl groups is 3. The fourth-order valence-corrected chi connectivity index (χ4v) is 6.87. The summed E-state index contributed by atoms with van der Waals surface area (Å²) in [5.41, 5.74) is 11.0. The van der Waals surface area contributed by atoms with Crippen LogP contribution in [0.4, 0.5) is 0 Å². The summed E-state index contributed by atoms with van der Waals surface area (Å²) in [6.07, 6.45) is 6.42. The van der Waals surface area contributed by atoms with Crippen molar-refractivity contribution in [3.8, 4) is 45.3 Å². The van der Waals surface area contributed by atoms with Crippen LogP contribution in [0.15, 0.2) is 109 Å². The molecule has 1 aliphatic carbocycles. The zero-order valence-electron chi connectivity index (χ0n) is 33.7. The Balaban J connectivity index is 0.00000269. The summed E-state index contributed by atoms with van der Waals surface area (Å²) in [5, 5.41) is 49.1. The van der Waals surface area contributed by atoms with Gasteiger partial charge in [0.25, 0.3) is 0 Å². The molecule has 0 spiro atoms. The molecule has 6 aromatic carbocycles. The Labute approximate surface area is 374 Å². The monoisotopic (exact) mass is 860 g/mol. The summed E-state index contributed by atoms with van der Waals surface area (Å²) in [6.45, 7) is 12.0. The molecule has 0 amide bonds. The fraction of sp³-hybridized carbons (Fsp3) is 0.255. The van der Waals surface area contributed by atoms with Gasteiger partial charge in [0.1, 0.15) is 17.2 Å². The molecule has 0 aromatic heterocycles. The van der Waals surface area contributed by atoms with Crippen molar-refractivity contribution >= 4 is 11.8 Å². The number of hydrogen-bond donors (Lipinski definition) is 3. The Morgan fingerprint density at radius 1 is 0.474 bits per heavy atom. The Kier molecular flexibility index (Phi) is 23.6. The molecule has 3 N–H and O–H groups in total. The summed E-state index contributed by atoms with van der Waals surface area (Å²) in [4.78, 5) is 0. The molecule has 0 heterocycles. The van der Waals surface area contributed by atoms with E-state index in [4.69, 9.17) is 0 Å². The van der Waals surface area contributed by atoms with Crippen molar-refractivity contribution in [2.24, 2.45) is 0 Å². The van der Waals surface area contributed by atoms with Gasteiger partial charge < -0.3 is 39.6 Å². The van der Waals surface area contributed by atoms with E-state index in [1.165, 1.54) is 11.8 Å². The predicted molar refractivity (Wildman–Crippen MR) is 243 cm³/mol. The third kappa shape index (κ3) is 13.0. The standard InChI is InChI=1S/C42H36O4.C2H5S.2C2H6.2CH4.CH3.Y/c1-25-13-31-21-35-17-29(27-9-5-3-6-10-27)19-37(41(35)45)23-33-15-26(2)16-34(40(33)44)24-38-20-30(28-11-7-4-8-12-28)18-36(42(38)46)22-32(14-25)39(31)43;1-3-2;2*1-2;;;;/h3-20,43-46H,21-24H2,1-2H3;1H2,2H3;2*1-2H3;2*1H4;1H3;/q;-1;;;;;-1;/p-1. The number of thioether (sulfide) groups is 1. The van der Waals surface area contributed by atoms with E-state index in [-0.39, 0.29) is 90.8 Å². The van der Waals surface area contributed by atoms with E-state index in [2.05, 4.69) is 6.26 Å². The number of hydrogen-bond acceptors (Lipinski definition) is 5. The minimum Gasteiger partial charge on any atom is -0.872 e. The first-order valence-electron chi connectivity index (χ1n) is 18.3. The summed E-state index contributed by atoms with van der Waals surface area (Å²) < 4.78 is 0. The number of rotatable bonds is 2. The van der Waals surface area contributed by atoms with Gasteiger partial charge in [-0.1, -0.05) is 162 Å². The third-order valence-electron chi connectivity index (χ3n) is 9.07. The molecule has 0 fully saturated rings. The molecule has 0 saturated heterocycles. The number of fused-ring (bicyclic) bond motifs is 8. The molecule has 8 bridgehead atoms. The van der Waals surface area contributed by atoms with Crippen molar-refractivity contribution in [3.63, 3.8) is 0 Å². The molecule has 4 nitrogen and oxygen atoms in total. The van der Waals surface area contributed by atoms with Gasteiger partial charge in [-0.05, 0) is 87.9 Å².